The summed E-state index contributed by atoms with van der Waals surface area (Å²) >= 11 is 6.26. The number of anilines is 1. The van der Waals surface area contributed by atoms with Crippen molar-refractivity contribution in [2.24, 2.45) is 0 Å². The van der Waals surface area contributed by atoms with Gasteiger partial charge in [-0.2, -0.15) is 0 Å². The molecule has 1 fully saturated rings. The average molecular weight is 725 g/mol. The number of rotatable bonds is 10. The maximum absolute atomic E-state index is 14.6. The van der Waals surface area contributed by atoms with Gasteiger partial charge < -0.3 is 24.2 Å². The number of amides is 2. The number of hydrogen-bond acceptors (Lipinski definition) is 6. The summed E-state index contributed by atoms with van der Waals surface area (Å²) in [5.41, 5.74) is 0.994. The van der Waals surface area contributed by atoms with Gasteiger partial charge in [0.2, 0.25) is 5.91 Å². The van der Waals surface area contributed by atoms with Gasteiger partial charge in [0.1, 0.15) is 0 Å². The number of imidazole rings is 1. The fourth-order valence-corrected chi connectivity index (χ4v) is 9.34. The smallest absolute Gasteiger partial charge is 0.338 e. The van der Waals surface area contributed by atoms with Crippen LogP contribution in [-0.2, 0) is 18.4 Å². The zero-order valence-electron chi connectivity index (χ0n) is 28.3. The molecule has 0 bridgehead atoms. The third kappa shape index (κ3) is 6.72. The van der Waals surface area contributed by atoms with Gasteiger partial charge >= 0.3 is 13.3 Å². The van der Waals surface area contributed by atoms with Crippen molar-refractivity contribution in [1.29, 1.82) is 0 Å². The molecule has 1 saturated heterocycles. The number of benzene rings is 5. The molecule has 2 N–H and O–H groups in total. The molecule has 1 unspecified atom stereocenters. The van der Waals surface area contributed by atoms with Crippen molar-refractivity contribution in [2.75, 3.05) is 31.6 Å². The summed E-state index contributed by atoms with van der Waals surface area (Å²) in [5, 5.41) is 6.79. The van der Waals surface area contributed by atoms with Crippen LogP contribution in [0.1, 0.15) is 54.3 Å². The molecule has 0 spiro atoms. The van der Waals surface area contributed by atoms with Gasteiger partial charge in [-0.1, -0.05) is 78.3 Å². The van der Waals surface area contributed by atoms with Crippen LogP contribution >= 0.6 is 19.2 Å². The lowest BCUT2D eigenvalue weighted by molar-refractivity contribution is -0.116. The summed E-state index contributed by atoms with van der Waals surface area (Å²) in [7, 11) is -4.06. The molecule has 1 aromatic heterocycles. The van der Waals surface area contributed by atoms with Gasteiger partial charge in [-0.05, 0) is 84.1 Å². The number of halogens is 1. The van der Waals surface area contributed by atoms with Crippen LogP contribution in [-0.4, -0.2) is 52.6 Å². The summed E-state index contributed by atoms with van der Waals surface area (Å²) in [6, 6.07) is 29.4. The van der Waals surface area contributed by atoms with Crippen LogP contribution in [0.5, 0.6) is 0 Å². The van der Waals surface area contributed by atoms with Gasteiger partial charge in [-0.3, -0.25) is 18.7 Å². The minimum absolute atomic E-state index is 0.0687. The zero-order chi connectivity index (χ0) is 35.7. The van der Waals surface area contributed by atoms with E-state index >= 15 is 0 Å². The van der Waals surface area contributed by atoms with E-state index in [2.05, 4.69) is 10.3 Å². The van der Waals surface area contributed by atoms with Crippen LogP contribution in [0.2, 0.25) is 5.02 Å². The van der Waals surface area contributed by atoms with Crippen molar-refractivity contribution in [1.82, 2.24) is 14.5 Å². The standard InChI is InChI=1S/C39H38ClN4O6P/c1-3-49-51(48,50-4-2)36(31-15-9-13-25-10-7-8-14-30(25)31)37(45)41-34-23-27-12-6-5-11-26(27)22-32(34)38(46)43-20-18-29(19-21-43)44-35-24-28(40)16-17-33(35)42-39(44)47/h5-17,22-24,29,36H,3-4,18-21H2,1-2H3,(H,41,45)(H,42,47). The van der Waals surface area contributed by atoms with Crippen molar-refractivity contribution >= 4 is 69.3 Å². The number of H-pyrrole nitrogens is 1. The number of aromatic amines is 1. The summed E-state index contributed by atoms with van der Waals surface area (Å²) < 4.78 is 27.8. The minimum Gasteiger partial charge on any atom is -0.338 e. The Morgan fingerprint density at radius 3 is 2.24 bits per heavy atom. The van der Waals surface area contributed by atoms with Crippen LogP contribution in [0, 0.1) is 0 Å². The number of carbonyl (C=O) groups is 2. The number of likely N-dealkylation sites (tertiary alicyclic amines) is 1. The lowest BCUT2D eigenvalue weighted by atomic mass is 9.99. The summed E-state index contributed by atoms with van der Waals surface area (Å²) in [4.78, 5) is 46.5. The fourth-order valence-electron chi connectivity index (χ4n) is 7.17. The molecule has 0 aliphatic carbocycles. The molecule has 262 valence electrons. The van der Waals surface area contributed by atoms with Gasteiger partial charge in [0.05, 0.1) is 35.5 Å². The Balaban J connectivity index is 1.23. The van der Waals surface area contributed by atoms with Crippen LogP contribution in [0.15, 0.2) is 102 Å². The van der Waals surface area contributed by atoms with Gasteiger partial charge in [0.25, 0.3) is 5.91 Å². The molecular formula is C39H38ClN4O6P. The van der Waals surface area contributed by atoms with Gasteiger partial charge in [-0.25, -0.2) is 4.79 Å². The second kappa shape index (κ2) is 14.5. The number of hydrogen-bond donors (Lipinski definition) is 2. The van der Waals surface area contributed by atoms with E-state index in [9.17, 15) is 18.9 Å². The molecule has 1 aliphatic heterocycles. The van der Waals surface area contributed by atoms with Crippen molar-refractivity contribution in [3.8, 4) is 0 Å². The van der Waals surface area contributed by atoms with E-state index in [0.717, 1.165) is 27.1 Å². The largest absolute Gasteiger partial charge is 0.347 e. The third-order valence-corrected chi connectivity index (χ3v) is 12.1. The normalized spacial score (nSPS) is 14.7. The quantitative estimate of drug-likeness (QED) is 0.136. The third-order valence-electron chi connectivity index (χ3n) is 9.47. The highest BCUT2D eigenvalue weighted by atomic mass is 35.5. The van der Waals surface area contributed by atoms with E-state index < -0.39 is 19.2 Å². The van der Waals surface area contributed by atoms with E-state index in [1.165, 1.54) is 0 Å². The Morgan fingerprint density at radius 1 is 0.882 bits per heavy atom. The number of fused-ring (bicyclic) bond motifs is 3. The molecule has 10 nitrogen and oxygen atoms in total. The first kappa shape index (κ1) is 34.7. The topological polar surface area (TPSA) is 123 Å². The Bertz CT molecular complexity index is 2370. The highest BCUT2D eigenvalue weighted by molar-refractivity contribution is 7.55. The first-order valence-electron chi connectivity index (χ1n) is 17.1. The van der Waals surface area contributed by atoms with E-state index in [0.29, 0.717) is 47.6 Å². The SMILES string of the molecule is CCOP(=O)(OCC)C(C(=O)Nc1cc2ccccc2cc1C(=O)N1CCC(n2c(=O)[nH]c3ccc(Cl)cc32)CC1)c1cccc2ccccc12. The van der Waals surface area contributed by atoms with Crippen LogP contribution in [0.3, 0.4) is 0 Å². The Labute approximate surface area is 299 Å². The van der Waals surface area contributed by atoms with Gasteiger partial charge in [0.15, 0.2) is 5.66 Å². The van der Waals surface area contributed by atoms with Crippen LogP contribution in [0.4, 0.5) is 5.69 Å². The number of piperidine rings is 1. The molecule has 6 aromatic rings. The summed E-state index contributed by atoms with van der Waals surface area (Å²) in [6.45, 7) is 4.34. The predicted molar refractivity (Wildman–Crippen MR) is 202 cm³/mol. The number of carbonyl (C=O) groups excluding carboxylic acids is 2. The minimum atomic E-state index is -4.06. The second-order valence-electron chi connectivity index (χ2n) is 12.6. The van der Waals surface area contributed by atoms with E-state index in [-0.39, 0.29) is 36.5 Å². The van der Waals surface area contributed by atoms with Crippen molar-refractivity contribution in [3.05, 3.63) is 124 Å². The molecule has 1 atom stereocenters. The van der Waals surface area contributed by atoms with Crippen molar-refractivity contribution < 1.29 is 23.2 Å². The molecule has 1 aliphatic rings. The maximum atomic E-state index is 14.6. The zero-order valence-corrected chi connectivity index (χ0v) is 30.0. The Morgan fingerprint density at radius 2 is 1.53 bits per heavy atom. The molecule has 0 radical (unpaired) electrons. The molecule has 2 amide bonds. The van der Waals surface area contributed by atoms with Gasteiger partial charge in [-0.15, -0.1) is 0 Å². The highest BCUT2D eigenvalue weighted by Crippen LogP contribution is 2.62. The molecule has 2 heterocycles. The molecule has 5 aromatic carbocycles. The van der Waals surface area contributed by atoms with E-state index in [1.807, 2.05) is 60.7 Å². The van der Waals surface area contributed by atoms with Crippen molar-refractivity contribution in [3.63, 3.8) is 0 Å². The van der Waals surface area contributed by atoms with Crippen LogP contribution in [0.25, 0.3) is 32.6 Å². The Hall–Kier alpha value is -4.73. The fraction of sp³-hybridized carbons (Fsp3) is 0.256. The second-order valence-corrected chi connectivity index (χ2v) is 15.1. The predicted octanol–water partition coefficient (Wildman–Crippen LogP) is 8.71. The summed E-state index contributed by atoms with van der Waals surface area (Å²) in [5.74, 6) is -0.875. The number of aromatic nitrogens is 2. The molecule has 7 rings (SSSR count). The lowest BCUT2D eigenvalue weighted by Gasteiger charge is -2.33. The van der Waals surface area contributed by atoms with E-state index in [1.54, 1.807) is 59.7 Å². The highest BCUT2D eigenvalue weighted by Gasteiger charge is 2.43. The Kier molecular flexibility index (Phi) is 9.86. The maximum Gasteiger partial charge on any atom is 0.347 e. The van der Waals surface area contributed by atoms with Crippen LogP contribution < -0.4 is 11.0 Å². The average Bonchev–Trinajstić information content (AvgIpc) is 3.46. The van der Waals surface area contributed by atoms with Crippen molar-refractivity contribution in [2.45, 2.75) is 38.4 Å². The number of nitrogens with zero attached hydrogens (tertiary/aromatic N) is 2. The molecular weight excluding hydrogens is 687 g/mol. The molecule has 12 heteroatoms. The monoisotopic (exact) mass is 724 g/mol. The van der Waals surface area contributed by atoms with E-state index in [4.69, 9.17) is 20.6 Å². The number of nitrogens with one attached hydrogen (secondary N) is 2. The lowest BCUT2D eigenvalue weighted by Crippen LogP contribution is -2.40. The molecule has 51 heavy (non-hydrogen) atoms. The van der Waals surface area contributed by atoms with Gasteiger partial charge in [0, 0.05) is 24.2 Å². The molecule has 0 saturated carbocycles. The summed E-state index contributed by atoms with van der Waals surface area (Å²) in [6.07, 6.45) is 1.10. The first-order valence-corrected chi connectivity index (χ1v) is 19.1. The first-order chi connectivity index (χ1) is 24.7.